The summed E-state index contributed by atoms with van der Waals surface area (Å²) in [7, 11) is 0. The molecule has 0 bridgehead atoms. The summed E-state index contributed by atoms with van der Waals surface area (Å²) < 4.78 is 12.9. The molecule has 0 radical (unpaired) electrons. The van der Waals surface area contributed by atoms with Crippen LogP contribution in [0, 0.1) is 5.82 Å². The summed E-state index contributed by atoms with van der Waals surface area (Å²) in [6, 6.07) is 3.09. The van der Waals surface area contributed by atoms with E-state index in [0.717, 1.165) is 0 Å². The number of hydrogen-bond acceptors (Lipinski definition) is 2. The SMILES string of the molecule is N[C@H](Cc1ccc(Cl)c(F)c1)C(=O)O. The standard InChI is InChI=1S/C9H9ClFNO2/c10-6-2-1-5(3-7(6)11)4-8(12)9(13)14/h1-3,8H,4,12H2,(H,13,14)/t8-/m1/s1. The quantitative estimate of drug-likeness (QED) is 0.805. The van der Waals surface area contributed by atoms with Gasteiger partial charge in [-0.15, -0.1) is 0 Å². The van der Waals surface area contributed by atoms with E-state index in [1.807, 2.05) is 0 Å². The average Bonchev–Trinajstić information content (AvgIpc) is 2.11. The van der Waals surface area contributed by atoms with E-state index in [1.165, 1.54) is 12.1 Å². The first-order chi connectivity index (χ1) is 6.50. The molecule has 0 aromatic heterocycles. The van der Waals surface area contributed by atoms with E-state index in [-0.39, 0.29) is 11.4 Å². The van der Waals surface area contributed by atoms with Crippen molar-refractivity contribution >= 4 is 17.6 Å². The molecule has 5 heteroatoms. The molecule has 1 atom stereocenters. The predicted octanol–water partition coefficient (Wildman–Crippen LogP) is 1.43. The molecular formula is C9H9ClFNO2. The van der Waals surface area contributed by atoms with Crippen LogP contribution in [0.1, 0.15) is 5.56 Å². The van der Waals surface area contributed by atoms with E-state index < -0.39 is 17.8 Å². The van der Waals surface area contributed by atoms with Gasteiger partial charge in [-0.25, -0.2) is 4.39 Å². The zero-order valence-electron chi connectivity index (χ0n) is 7.21. The lowest BCUT2D eigenvalue weighted by Crippen LogP contribution is -2.32. The fraction of sp³-hybridized carbons (Fsp3) is 0.222. The second-order valence-electron chi connectivity index (χ2n) is 2.90. The molecule has 0 aliphatic rings. The smallest absolute Gasteiger partial charge is 0.320 e. The van der Waals surface area contributed by atoms with Crippen LogP contribution in [0.15, 0.2) is 18.2 Å². The van der Waals surface area contributed by atoms with Crippen molar-refractivity contribution in [2.45, 2.75) is 12.5 Å². The van der Waals surface area contributed by atoms with E-state index in [4.69, 9.17) is 22.4 Å². The Balaban J connectivity index is 2.78. The van der Waals surface area contributed by atoms with Gasteiger partial charge in [0.1, 0.15) is 11.9 Å². The van der Waals surface area contributed by atoms with Crippen molar-refractivity contribution in [3.8, 4) is 0 Å². The number of benzene rings is 1. The lowest BCUT2D eigenvalue weighted by molar-refractivity contribution is -0.138. The van der Waals surface area contributed by atoms with Crippen LogP contribution in [0.5, 0.6) is 0 Å². The molecule has 0 spiro atoms. The molecular weight excluding hydrogens is 209 g/mol. The van der Waals surface area contributed by atoms with Crippen LogP contribution in [0.25, 0.3) is 0 Å². The molecule has 0 aliphatic carbocycles. The van der Waals surface area contributed by atoms with Gasteiger partial charge >= 0.3 is 5.97 Å². The lowest BCUT2D eigenvalue weighted by atomic mass is 10.1. The Labute approximate surface area is 85.3 Å². The number of carboxylic acids is 1. The fourth-order valence-corrected chi connectivity index (χ4v) is 1.13. The summed E-state index contributed by atoms with van der Waals surface area (Å²) in [6.07, 6.45) is 0.0867. The molecule has 3 nitrogen and oxygen atoms in total. The molecule has 0 amide bonds. The molecule has 0 saturated heterocycles. The van der Waals surface area contributed by atoms with Crippen molar-refractivity contribution in [1.82, 2.24) is 0 Å². The highest BCUT2D eigenvalue weighted by molar-refractivity contribution is 6.30. The van der Waals surface area contributed by atoms with Gasteiger partial charge in [0.15, 0.2) is 0 Å². The van der Waals surface area contributed by atoms with Gasteiger partial charge < -0.3 is 10.8 Å². The third kappa shape index (κ3) is 2.68. The topological polar surface area (TPSA) is 63.3 Å². The highest BCUT2D eigenvalue weighted by atomic mass is 35.5. The zero-order valence-corrected chi connectivity index (χ0v) is 7.96. The fourth-order valence-electron chi connectivity index (χ4n) is 1.01. The van der Waals surface area contributed by atoms with Crippen molar-refractivity contribution in [3.63, 3.8) is 0 Å². The van der Waals surface area contributed by atoms with Gasteiger partial charge in [-0.2, -0.15) is 0 Å². The Hall–Kier alpha value is -1.13. The van der Waals surface area contributed by atoms with Crippen molar-refractivity contribution in [3.05, 3.63) is 34.6 Å². The van der Waals surface area contributed by atoms with Gasteiger partial charge in [-0.3, -0.25) is 4.79 Å². The van der Waals surface area contributed by atoms with Gasteiger partial charge in [0.05, 0.1) is 5.02 Å². The predicted molar refractivity (Wildman–Crippen MR) is 50.7 cm³/mol. The Morgan fingerprint density at radius 1 is 1.64 bits per heavy atom. The van der Waals surface area contributed by atoms with Crippen LogP contribution in [0.4, 0.5) is 4.39 Å². The summed E-state index contributed by atoms with van der Waals surface area (Å²) in [4.78, 5) is 10.4. The molecule has 76 valence electrons. The zero-order chi connectivity index (χ0) is 10.7. The maximum atomic E-state index is 12.9. The number of rotatable bonds is 3. The average molecular weight is 218 g/mol. The van der Waals surface area contributed by atoms with Crippen LogP contribution < -0.4 is 5.73 Å². The number of hydrogen-bond donors (Lipinski definition) is 2. The molecule has 1 rings (SSSR count). The minimum Gasteiger partial charge on any atom is -0.480 e. The summed E-state index contributed by atoms with van der Waals surface area (Å²) in [5.74, 6) is -1.68. The summed E-state index contributed by atoms with van der Waals surface area (Å²) in [5.41, 5.74) is 5.80. The Kier molecular flexibility index (Phi) is 3.43. The van der Waals surface area contributed by atoms with Gasteiger partial charge in [0, 0.05) is 0 Å². The number of halogens is 2. The number of nitrogens with two attached hydrogens (primary N) is 1. The Bertz CT molecular complexity index is 357. The molecule has 0 aliphatic heterocycles. The normalized spacial score (nSPS) is 12.5. The summed E-state index contributed by atoms with van der Waals surface area (Å²) >= 11 is 5.46. The molecule has 1 aromatic carbocycles. The first-order valence-corrected chi connectivity index (χ1v) is 4.31. The van der Waals surface area contributed by atoms with E-state index in [1.54, 1.807) is 6.07 Å². The lowest BCUT2D eigenvalue weighted by Gasteiger charge is -2.06. The van der Waals surface area contributed by atoms with Crippen molar-refractivity contribution < 1.29 is 14.3 Å². The van der Waals surface area contributed by atoms with Crippen LogP contribution in [0.3, 0.4) is 0 Å². The Morgan fingerprint density at radius 3 is 2.79 bits per heavy atom. The van der Waals surface area contributed by atoms with Crippen LogP contribution in [-0.2, 0) is 11.2 Å². The molecule has 14 heavy (non-hydrogen) atoms. The molecule has 0 fully saturated rings. The monoisotopic (exact) mass is 217 g/mol. The maximum absolute atomic E-state index is 12.9. The van der Waals surface area contributed by atoms with Crippen molar-refractivity contribution in [2.24, 2.45) is 5.73 Å². The minimum atomic E-state index is -1.11. The number of aliphatic carboxylic acids is 1. The molecule has 1 aromatic rings. The van der Waals surface area contributed by atoms with Gasteiger partial charge in [0.25, 0.3) is 0 Å². The largest absolute Gasteiger partial charge is 0.480 e. The van der Waals surface area contributed by atoms with Gasteiger partial charge in [-0.1, -0.05) is 17.7 Å². The van der Waals surface area contributed by atoms with Crippen LogP contribution in [-0.4, -0.2) is 17.1 Å². The van der Waals surface area contributed by atoms with Gasteiger partial charge in [-0.05, 0) is 24.1 Å². The number of carboxylic acid groups (broad SMARTS) is 1. The van der Waals surface area contributed by atoms with Crippen LogP contribution >= 0.6 is 11.6 Å². The van der Waals surface area contributed by atoms with Crippen LogP contribution in [0.2, 0.25) is 5.02 Å². The van der Waals surface area contributed by atoms with E-state index >= 15 is 0 Å². The van der Waals surface area contributed by atoms with E-state index in [0.29, 0.717) is 5.56 Å². The first-order valence-electron chi connectivity index (χ1n) is 3.93. The van der Waals surface area contributed by atoms with Crippen molar-refractivity contribution in [2.75, 3.05) is 0 Å². The second kappa shape index (κ2) is 4.39. The second-order valence-corrected chi connectivity index (χ2v) is 3.30. The van der Waals surface area contributed by atoms with E-state index in [9.17, 15) is 9.18 Å². The molecule has 3 N–H and O–H groups in total. The maximum Gasteiger partial charge on any atom is 0.320 e. The molecule has 0 heterocycles. The third-order valence-corrected chi connectivity index (χ3v) is 2.06. The first kappa shape index (κ1) is 10.9. The molecule has 0 unspecified atom stereocenters. The highest BCUT2D eigenvalue weighted by Crippen LogP contribution is 2.16. The summed E-state index contributed by atoms with van der Waals surface area (Å²) in [6.45, 7) is 0. The third-order valence-electron chi connectivity index (χ3n) is 1.76. The van der Waals surface area contributed by atoms with E-state index in [2.05, 4.69) is 0 Å². The Morgan fingerprint density at radius 2 is 2.29 bits per heavy atom. The van der Waals surface area contributed by atoms with Gasteiger partial charge in [0.2, 0.25) is 0 Å². The van der Waals surface area contributed by atoms with Crippen molar-refractivity contribution in [1.29, 1.82) is 0 Å². The number of carbonyl (C=O) groups is 1. The highest BCUT2D eigenvalue weighted by Gasteiger charge is 2.12. The summed E-state index contributed by atoms with van der Waals surface area (Å²) in [5, 5.41) is 8.53. The minimum absolute atomic E-state index is 0.0117. The molecule has 0 saturated carbocycles.